The zero-order chi connectivity index (χ0) is 21.9. The van der Waals surface area contributed by atoms with Gasteiger partial charge < -0.3 is 4.74 Å². The van der Waals surface area contributed by atoms with Gasteiger partial charge in [-0.25, -0.2) is 0 Å². The van der Waals surface area contributed by atoms with Crippen LogP contribution >= 0.6 is 8.58 Å². The molecule has 0 aliphatic carbocycles. The van der Waals surface area contributed by atoms with E-state index in [1.54, 1.807) is 6.92 Å². The molecule has 3 rings (SSSR count). The van der Waals surface area contributed by atoms with Crippen molar-refractivity contribution in [2.75, 3.05) is 0 Å². The molecule has 3 heteroatoms. The lowest BCUT2D eigenvalue weighted by molar-refractivity contribution is 0.101. The van der Waals surface area contributed by atoms with Crippen LogP contribution < -0.4 is 15.3 Å². The van der Waals surface area contributed by atoms with Crippen LogP contribution in [0.4, 0.5) is 0 Å². The van der Waals surface area contributed by atoms with Crippen molar-refractivity contribution in [3.63, 3.8) is 0 Å². The van der Waals surface area contributed by atoms with E-state index in [0.29, 0.717) is 15.2 Å². The fraction of sp³-hybridized carbons (Fsp3) is 0.296. The van der Waals surface area contributed by atoms with Crippen molar-refractivity contribution in [2.24, 2.45) is 0 Å². The molecular weight excluding hydrogens is 387 g/mol. The van der Waals surface area contributed by atoms with Crippen LogP contribution in [0.25, 0.3) is 0 Å². The average Bonchev–Trinajstić information content (AvgIpc) is 2.68. The molecule has 0 N–H and O–H groups in total. The van der Waals surface area contributed by atoms with Crippen LogP contribution in [0.2, 0.25) is 0 Å². The van der Waals surface area contributed by atoms with Crippen molar-refractivity contribution in [3.05, 3.63) is 88.5 Å². The molecule has 0 saturated heterocycles. The molecule has 0 aliphatic heterocycles. The molecule has 0 bridgehead atoms. The smallest absolute Gasteiger partial charge is 0.160 e. The van der Waals surface area contributed by atoms with E-state index < -0.39 is 0 Å². The maximum Gasteiger partial charge on any atom is 0.160 e. The lowest BCUT2D eigenvalue weighted by Crippen LogP contribution is -2.19. The van der Waals surface area contributed by atoms with Gasteiger partial charge in [0.2, 0.25) is 0 Å². The molecule has 2 nitrogen and oxygen atoms in total. The second-order valence-corrected chi connectivity index (χ2v) is 10.3. The molecule has 30 heavy (non-hydrogen) atoms. The third-order valence-corrected chi connectivity index (χ3v) is 6.54. The Bertz CT molecular complexity index is 1050. The molecule has 0 amide bonds. The number of hydrogen-bond donors (Lipinski definition) is 0. The molecule has 1 unspecified atom stereocenters. The normalized spacial score (nSPS) is 11.8. The van der Waals surface area contributed by atoms with Crippen molar-refractivity contribution in [1.29, 1.82) is 0 Å². The zero-order valence-electron chi connectivity index (χ0n) is 18.8. The molecule has 0 heterocycles. The second-order valence-electron chi connectivity index (χ2n) is 8.92. The first-order valence-electron chi connectivity index (χ1n) is 10.4. The lowest BCUT2D eigenvalue weighted by Gasteiger charge is -2.24. The van der Waals surface area contributed by atoms with E-state index in [0.717, 1.165) is 38.6 Å². The highest BCUT2D eigenvalue weighted by atomic mass is 31.1. The molecule has 3 aromatic rings. The third kappa shape index (κ3) is 5.37. The number of aryl methyl sites for hydroxylation is 2. The number of ether oxygens (including phenoxy) is 1. The second kappa shape index (κ2) is 9.14. The van der Waals surface area contributed by atoms with Crippen LogP contribution in [-0.4, -0.2) is 5.78 Å². The van der Waals surface area contributed by atoms with Crippen LogP contribution in [-0.2, 0) is 12.0 Å². The van der Waals surface area contributed by atoms with E-state index in [1.165, 1.54) is 5.56 Å². The summed E-state index contributed by atoms with van der Waals surface area (Å²) in [5.74, 6) is 1.04. The Hall–Kier alpha value is -2.44. The standard InChI is InChI=1S/C27H31O2P/c1-18-12-13-24(23(14-18)20(3)28)30-25-16-22(27(4,5)6)15-19(2)26(25)29-17-21-10-8-7-9-11-21/h7-16,30H,17H2,1-6H3. The molecule has 0 spiro atoms. The van der Waals surface area contributed by atoms with Gasteiger partial charge in [0.1, 0.15) is 12.4 Å². The number of rotatable bonds is 6. The first-order valence-corrected chi connectivity index (χ1v) is 11.4. The summed E-state index contributed by atoms with van der Waals surface area (Å²) >= 11 is 0. The molecule has 1 atom stereocenters. The molecular formula is C27H31O2P. The highest BCUT2D eigenvalue weighted by Crippen LogP contribution is 2.31. The number of ketones is 1. The number of carbonyl (C=O) groups excluding carboxylic acids is 1. The molecule has 0 fully saturated rings. The van der Waals surface area contributed by atoms with Crippen LogP contribution in [0.3, 0.4) is 0 Å². The molecule has 0 radical (unpaired) electrons. The molecule has 0 aromatic heterocycles. The van der Waals surface area contributed by atoms with E-state index in [1.807, 2.05) is 31.2 Å². The summed E-state index contributed by atoms with van der Waals surface area (Å²) in [6.07, 6.45) is 0. The maximum absolute atomic E-state index is 12.3. The summed E-state index contributed by atoms with van der Waals surface area (Å²) < 4.78 is 6.34. The van der Waals surface area contributed by atoms with Gasteiger partial charge >= 0.3 is 0 Å². The van der Waals surface area contributed by atoms with E-state index in [2.05, 4.69) is 64.1 Å². The van der Waals surface area contributed by atoms with Crippen molar-refractivity contribution < 1.29 is 9.53 Å². The van der Waals surface area contributed by atoms with Gasteiger partial charge in [0.25, 0.3) is 0 Å². The molecule has 0 saturated carbocycles. The number of benzene rings is 3. The predicted octanol–water partition coefficient (Wildman–Crippen LogP) is 6.01. The van der Waals surface area contributed by atoms with Gasteiger partial charge in [-0.2, -0.15) is 0 Å². The van der Waals surface area contributed by atoms with Crippen molar-refractivity contribution in [2.45, 2.75) is 53.6 Å². The van der Waals surface area contributed by atoms with Gasteiger partial charge in [-0.1, -0.05) is 83.4 Å². The minimum absolute atomic E-state index is 0.0403. The Kier molecular flexibility index (Phi) is 6.78. The summed E-state index contributed by atoms with van der Waals surface area (Å²) in [5, 5.41) is 2.23. The van der Waals surface area contributed by atoms with Gasteiger partial charge in [-0.05, 0) is 60.3 Å². The Labute approximate surface area is 182 Å². The third-order valence-electron chi connectivity index (χ3n) is 5.19. The Balaban J connectivity index is 2.04. The van der Waals surface area contributed by atoms with E-state index in [4.69, 9.17) is 4.74 Å². The summed E-state index contributed by atoms with van der Waals surface area (Å²) in [6, 6.07) is 20.9. The SMILES string of the molecule is CC(=O)c1cc(C)ccc1Pc1cc(C(C)(C)C)cc(C)c1OCc1ccccc1. The molecule has 156 valence electrons. The number of carbonyl (C=O) groups is 1. The monoisotopic (exact) mass is 418 g/mol. The fourth-order valence-corrected chi connectivity index (χ4v) is 4.87. The fourth-order valence-electron chi connectivity index (χ4n) is 3.42. The van der Waals surface area contributed by atoms with Crippen LogP contribution in [0.5, 0.6) is 5.75 Å². The number of Topliss-reactive ketones (excluding diaryl/α,β-unsaturated/α-hetero) is 1. The highest BCUT2D eigenvalue weighted by Gasteiger charge is 2.20. The largest absolute Gasteiger partial charge is 0.488 e. The van der Waals surface area contributed by atoms with Gasteiger partial charge in [-0.15, -0.1) is 0 Å². The highest BCUT2D eigenvalue weighted by molar-refractivity contribution is 7.56. The van der Waals surface area contributed by atoms with E-state index in [-0.39, 0.29) is 11.2 Å². The topological polar surface area (TPSA) is 26.3 Å². The summed E-state index contributed by atoms with van der Waals surface area (Å²) in [5.41, 5.74) is 5.52. The first-order chi connectivity index (χ1) is 14.1. The first kappa shape index (κ1) is 22.2. The quantitative estimate of drug-likeness (QED) is 0.362. The summed E-state index contributed by atoms with van der Waals surface area (Å²) in [6.45, 7) is 13.0. The maximum atomic E-state index is 12.3. The van der Waals surface area contributed by atoms with Gasteiger partial charge in [0.05, 0.1) is 0 Å². The van der Waals surface area contributed by atoms with Crippen molar-refractivity contribution in [1.82, 2.24) is 0 Å². The Morgan fingerprint density at radius 2 is 1.63 bits per heavy atom. The van der Waals surface area contributed by atoms with E-state index in [9.17, 15) is 4.79 Å². The van der Waals surface area contributed by atoms with Gasteiger partial charge in [0, 0.05) is 10.9 Å². The van der Waals surface area contributed by atoms with Crippen molar-refractivity contribution in [3.8, 4) is 5.75 Å². The average molecular weight is 419 g/mol. The van der Waals surface area contributed by atoms with Gasteiger partial charge in [0.15, 0.2) is 5.78 Å². The minimum Gasteiger partial charge on any atom is -0.488 e. The van der Waals surface area contributed by atoms with Gasteiger partial charge in [-0.3, -0.25) is 4.79 Å². The van der Waals surface area contributed by atoms with Crippen LogP contribution in [0.15, 0.2) is 60.7 Å². The summed E-state index contributed by atoms with van der Waals surface area (Å²) in [7, 11) is 0.357. The van der Waals surface area contributed by atoms with Crippen molar-refractivity contribution >= 4 is 25.0 Å². The van der Waals surface area contributed by atoms with E-state index >= 15 is 0 Å². The van der Waals surface area contributed by atoms with Crippen LogP contribution in [0.1, 0.15) is 60.3 Å². The predicted molar refractivity (Wildman–Crippen MR) is 129 cm³/mol. The molecule has 0 aliphatic rings. The summed E-state index contributed by atoms with van der Waals surface area (Å²) in [4.78, 5) is 12.3. The Morgan fingerprint density at radius 1 is 0.933 bits per heavy atom. The lowest BCUT2D eigenvalue weighted by atomic mass is 9.86. The number of hydrogen-bond acceptors (Lipinski definition) is 2. The Morgan fingerprint density at radius 3 is 2.27 bits per heavy atom. The van der Waals surface area contributed by atoms with Crippen LogP contribution in [0, 0.1) is 13.8 Å². The minimum atomic E-state index is 0.0403. The zero-order valence-corrected chi connectivity index (χ0v) is 19.8. The molecule has 3 aromatic carbocycles.